The molecule has 154 valence electrons. The molecule has 0 spiro atoms. The van der Waals surface area contributed by atoms with Gasteiger partial charge >= 0.3 is 27.0 Å². The summed E-state index contributed by atoms with van der Waals surface area (Å²) in [7, 11) is -5.24. The topological polar surface area (TPSA) is 138 Å². The third-order valence-corrected chi connectivity index (χ3v) is 5.48. The summed E-state index contributed by atoms with van der Waals surface area (Å²) in [6.45, 7) is 1.93. The molecule has 0 aliphatic heterocycles. The minimum absolute atomic E-state index is 0.254. The second-order valence-corrected chi connectivity index (χ2v) is 8.10. The molecule has 9 heteroatoms. The monoisotopic (exact) mass is 396 g/mol. The Labute approximate surface area is 155 Å². The largest absolute Gasteiger partial charge is 0.481 e. The van der Waals surface area contributed by atoms with Crippen molar-refractivity contribution in [1.82, 2.24) is 0 Å². The van der Waals surface area contributed by atoms with Crippen LogP contribution in [0.3, 0.4) is 0 Å². The van der Waals surface area contributed by atoms with Crippen LogP contribution in [0.1, 0.15) is 84.0 Å². The van der Waals surface area contributed by atoms with Gasteiger partial charge in [-0.15, -0.1) is 0 Å². The Kier molecular flexibility index (Phi) is 12.5. The van der Waals surface area contributed by atoms with Crippen LogP contribution in [0, 0.1) is 0 Å². The quantitative estimate of drug-likeness (QED) is 0.251. The second-order valence-electron chi connectivity index (χ2n) is 6.49. The van der Waals surface area contributed by atoms with Crippen molar-refractivity contribution in [2.75, 3.05) is 6.61 Å². The lowest BCUT2D eigenvalue weighted by Gasteiger charge is -2.24. The SMILES string of the molecule is CCCCCCCCCCCCCOC(CC(=O)O)(C(=O)O)S(=O)(=O)O. The van der Waals surface area contributed by atoms with E-state index in [4.69, 9.17) is 19.5 Å². The van der Waals surface area contributed by atoms with E-state index >= 15 is 0 Å². The molecule has 0 rings (SSSR count). The van der Waals surface area contributed by atoms with Crippen LogP contribution in [0.15, 0.2) is 0 Å². The minimum Gasteiger partial charge on any atom is -0.481 e. The Morgan fingerprint density at radius 1 is 0.846 bits per heavy atom. The second kappa shape index (κ2) is 13.1. The third-order valence-electron chi connectivity index (χ3n) is 4.21. The smallest absolute Gasteiger partial charge is 0.355 e. The van der Waals surface area contributed by atoms with E-state index in [1.165, 1.54) is 38.5 Å². The molecule has 0 aliphatic carbocycles. The average Bonchev–Trinajstić information content (AvgIpc) is 2.53. The maximum Gasteiger partial charge on any atom is 0.355 e. The van der Waals surface area contributed by atoms with E-state index in [2.05, 4.69) is 6.92 Å². The molecule has 1 unspecified atom stereocenters. The van der Waals surface area contributed by atoms with Gasteiger partial charge in [0.05, 0.1) is 0 Å². The molecule has 0 aromatic carbocycles. The van der Waals surface area contributed by atoms with E-state index in [-0.39, 0.29) is 6.61 Å². The molecule has 0 saturated heterocycles. The predicted octanol–water partition coefficient (Wildman–Crippen LogP) is 3.46. The van der Waals surface area contributed by atoms with Crippen LogP contribution in [0.4, 0.5) is 0 Å². The number of hydrogen-bond acceptors (Lipinski definition) is 5. The summed E-state index contributed by atoms with van der Waals surface area (Å²) in [5, 5.41) is 17.8. The number of carboxylic acids is 2. The minimum atomic E-state index is -5.24. The lowest BCUT2D eigenvalue weighted by Crippen LogP contribution is -2.50. The van der Waals surface area contributed by atoms with E-state index in [9.17, 15) is 18.0 Å². The summed E-state index contributed by atoms with van der Waals surface area (Å²) in [6, 6.07) is 0. The molecule has 8 nitrogen and oxygen atoms in total. The number of rotatable bonds is 17. The van der Waals surface area contributed by atoms with E-state index in [1.807, 2.05) is 0 Å². The molecule has 0 aliphatic rings. The Hall–Kier alpha value is -1.19. The van der Waals surface area contributed by atoms with Gasteiger partial charge in [0.1, 0.15) is 6.42 Å². The maximum atomic E-state index is 11.3. The first-order chi connectivity index (χ1) is 12.2. The Bertz CT molecular complexity index is 517. The Morgan fingerprint density at radius 2 is 1.27 bits per heavy atom. The van der Waals surface area contributed by atoms with Gasteiger partial charge in [0.15, 0.2) is 0 Å². The highest BCUT2D eigenvalue weighted by molar-refractivity contribution is 7.88. The molecular weight excluding hydrogens is 364 g/mol. The predicted molar refractivity (Wildman–Crippen MR) is 96.6 cm³/mol. The highest BCUT2D eigenvalue weighted by atomic mass is 32.2. The maximum absolute atomic E-state index is 11.3. The van der Waals surface area contributed by atoms with Gasteiger partial charge < -0.3 is 14.9 Å². The summed E-state index contributed by atoms with van der Waals surface area (Å²) < 4.78 is 36.7. The van der Waals surface area contributed by atoms with Crippen molar-refractivity contribution >= 4 is 22.1 Å². The molecule has 0 aromatic rings. The van der Waals surface area contributed by atoms with Gasteiger partial charge in [-0.2, -0.15) is 8.42 Å². The molecule has 0 bridgehead atoms. The van der Waals surface area contributed by atoms with Crippen molar-refractivity contribution in [2.24, 2.45) is 0 Å². The summed E-state index contributed by atoms with van der Waals surface area (Å²) >= 11 is 0. The number of unbranched alkanes of at least 4 members (excludes halogenated alkanes) is 10. The standard InChI is InChI=1S/C17H32O8S/c1-2-3-4-5-6-7-8-9-10-11-12-13-25-17(16(20)21,14-15(18)19)26(22,23)24/h2-14H2,1H3,(H,18,19)(H,20,21)(H,22,23,24). The Morgan fingerprint density at radius 3 is 1.62 bits per heavy atom. The van der Waals surface area contributed by atoms with Gasteiger partial charge in [-0.1, -0.05) is 71.1 Å². The Balaban J connectivity index is 4.07. The number of carboxylic acid groups (broad SMARTS) is 2. The zero-order valence-electron chi connectivity index (χ0n) is 15.5. The molecule has 3 N–H and O–H groups in total. The first-order valence-electron chi connectivity index (χ1n) is 9.23. The number of hydrogen-bond donors (Lipinski definition) is 3. The third kappa shape index (κ3) is 9.49. The highest BCUT2D eigenvalue weighted by Gasteiger charge is 2.54. The number of ether oxygens (including phenoxy) is 1. The fourth-order valence-electron chi connectivity index (χ4n) is 2.67. The van der Waals surface area contributed by atoms with Crippen molar-refractivity contribution in [2.45, 2.75) is 88.9 Å². The number of carbonyl (C=O) groups is 2. The summed E-state index contributed by atoms with van der Waals surface area (Å²) in [6.07, 6.45) is 10.3. The van der Waals surface area contributed by atoms with Crippen LogP contribution in [0.2, 0.25) is 0 Å². The van der Waals surface area contributed by atoms with Crippen LogP contribution in [-0.2, 0) is 24.4 Å². The van der Waals surface area contributed by atoms with E-state index < -0.39 is 33.4 Å². The van der Waals surface area contributed by atoms with Gasteiger partial charge in [-0.05, 0) is 6.42 Å². The van der Waals surface area contributed by atoms with Crippen LogP contribution < -0.4 is 0 Å². The van der Waals surface area contributed by atoms with Crippen LogP contribution in [0.25, 0.3) is 0 Å². The van der Waals surface area contributed by atoms with Crippen molar-refractivity contribution < 1.29 is 37.5 Å². The zero-order valence-corrected chi connectivity index (χ0v) is 16.3. The molecular formula is C17H32O8S. The van der Waals surface area contributed by atoms with E-state index in [0.717, 1.165) is 19.3 Å². The highest BCUT2D eigenvalue weighted by Crippen LogP contribution is 2.24. The molecule has 0 aromatic heterocycles. The van der Waals surface area contributed by atoms with E-state index in [1.54, 1.807) is 0 Å². The van der Waals surface area contributed by atoms with Crippen molar-refractivity contribution in [3.8, 4) is 0 Å². The fourth-order valence-corrected chi connectivity index (χ4v) is 3.43. The van der Waals surface area contributed by atoms with Crippen LogP contribution in [-0.4, -0.2) is 46.7 Å². The van der Waals surface area contributed by atoms with E-state index in [0.29, 0.717) is 12.8 Å². The summed E-state index contributed by atoms with van der Waals surface area (Å²) in [5.41, 5.74) is 0. The van der Waals surface area contributed by atoms with Crippen molar-refractivity contribution in [3.05, 3.63) is 0 Å². The van der Waals surface area contributed by atoms with Gasteiger partial charge in [0.25, 0.3) is 0 Å². The molecule has 1 atom stereocenters. The normalized spacial score (nSPS) is 14.1. The lowest BCUT2D eigenvalue weighted by atomic mass is 10.1. The fraction of sp³-hybridized carbons (Fsp3) is 0.882. The molecule has 0 heterocycles. The summed E-state index contributed by atoms with van der Waals surface area (Å²) in [4.78, 5) is 18.8. The average molecular weight is 397 g/mol. The molecule has 26 heavy (non-hydrogen) atoms. The lowest BCUT2D eigenvalue weighted by molar-refractivity contribution is -0.162. The molecule has 0 fully saturated rings. The zero-order chi connectivity index (χ0) is 20.1. The van der Waals surface area contributed by atoms with Gasteiger partial charge in [-0.3, -0.25) is 9.35 Å². The first-order valence-corrected chi connectivity index (χ1v) is 10.7. The van der Waals surface area contributed by atoms with Crippen molar-refractivity contribution in [3.63, 3.8) is 0 Å². The summed E-state index contributed by atoms with van der Waals surface area (Å²) in [5.74, 6) is -3.73. The molecule has 0 radical (unpaired) electrons. The van der Waals surface area contributed by atoms with Crippen molar-refractivity contribution in [1.29, 1.82) is 0 Å². The van der Waals surface area contributed by atoms with Gasteiger partial charge in [-0.25, -0.2) is 4.79 Å². The van der Waals surface area contributed by atoms with Gasteiger partial charge in [0, 0.05) is 6.61 Å². The van der Waals surface area contributed by atoms with Crippen LogP contribution in [0.5, 0.6) is 0 Å². The molecule has 0 saturated carbocycles. The number of aliphatic carboxylic acids is 2. The first kappa shape index (κ1) is 24.8. The van der Waals surface area contributed by atoms with Crippen LogP contribution >= 0.6 is 0 Å². The molecule has 0 amide bonds. The van der Waals surface area contributed by atoms with Gasteiger partial charge in [0.2, 0.25) is 0 Å².